The second kappa shape index (κ2) is 2.81. The van der Waals surface area contributed by atoms with Crippen LogP contribution < -0.4 is 5.73 Å². The van der Waals surface area contributed by atoms with E-state index in [0.29, 0.717) is 0 Å². The van der Waals surface area contributed by atoms with Crippen molar-refractivity contribution in [3.63, 3.8) is 0 Å². The van der Waals surface area contributed by atoms with Gasteiger partial charge in [-0.3, -0.25) is 0 Å². The van der Waals surface area contributed by atoms with E-state index in [4.69, 9.17) is 5.73 Å². The van der Waals surface area contributed by atoms with Crippen LogP contribution in [-0.4, -0.2) is 0 Å². The molecule has 64 valence electrons. The van der Waals surface area contributed by atoms with E-state index in [2.05, 4.69) is 25.1 Å². The van der Waals surface area contributed by atoms with Gasteiger partial charge in [-0.05, 0) is 42.9 Å². The Kier molecular flexibility index (Phi) is 1.80. The molecular weight excluding hydrogens is 146 g/mol. The minimum absolute atomic E-state index is 0.755. The van der Waals surface area contributed by atoms with Crippen LogP contribution in [0.15, 0.2) is 18.2 Å². The zero-order valence-corrected chi connectivity index (χ0v) is 7.51. The molecule has 1 nitrogen and oxygen atoms in total. The summed E-state index contributed by atoms with van der Waals surface area (Å²) in [6.07, 6.45) is 4.03. The van der Waals surface area contributed by atoms with E-state index in [1.54, 1.807) is 0 Å². The van der Waals surface area contributed by atoms with Crippen molar-refractivity contribution >= 4 is 5.69 Å². The Bertz CT molecular complexity index is 287. The summed E-state index contributed by atoms with van der Waals surface area (Å²) in [5, 5.41) is 0. The van der Waals surface area contributed by atoms with Crippen molar-refractivity contribution in [1.82, 2.24) is 0 Å². The Hall–Kier alpha value is -0.980. The zero-order valence-electron chi connectivity index (χ0n) is 7.51. The van der Waals surface area contributed by atoms with E-state index in [1.807, 2.05) is 0 Å². The molecule has 0 aromatic heterocycles. The molecule has 0 radical (unpaired) electrons. The lowest BCUT2D eigenvalue weighted by molar-refractivity contribution is 0.421. The van der Waals surface area contributed by atoms with Gasteiger partial charge in [-0.1, -0.05) is 18.6 Å². The average molecular weight is 161 g/mol. The predicted molar refractivity (Wildman–Crippen MR) is 52.2 cm³/mol. The van der Waals surface area contributed by atoms with Crippen LogP contribution in [-0.2, 0) is 0 Å². The van der Waals surface area contributed by atoms with Gasteiger partial charge < -0.3 is 5.73 Å². The Labute approximate surface area is 73.6 Å². The zero-order chi connectivity index (χ0) is 8.55. The molecule has 1 aromatic rings. The second-order valence-electron chi connectivity index (χ2n) is 3.76. The Morgan fingerprint density at radius 3 is 2.58 bits per heavy atom. The summed E-state index contributed by atoms with van der Waals surface area (Å²) in [6.45, 7) is 2.08. The standard InChI is InChI=1S/C11H15N/c1-8-5-6-10(11(12)7-8)9-3-2-4-9/h5-7,9H,2-4,12H2,1H3. The van der Waals surface area contributed by atoms with Gasteiger partial charge in [0.05, 0.1) is 0 Å². The highest BCUT2D eigenvalue weighted by atomic mass is 14.6. The van der Waals surface area contributed by atoms with Crippen molar-refractivity contribution in [1.29, 1.82) is 0 Å². The fourth-order valence-electron chi connectivity index (χ4n) is 1.79. The van der Waals surface area contributed by atoms with E-state index in [9.17, 15) is 0 Å². The fraction of sp³-hybridized carbons (Fsp3) is 0.455. The van der Waals surface area contributed by atoms with Crippen LogP contribution in [0, 0.1) is 6.92 Å². The molecule has 2 rings (SSSR count). The molecule has 1 aliphatic rings. The van der Waals surface area contributed by atoms with Gasteiger partial charge in [-0.2, -0.15) is 0 Å². The first-order valence-electron chi connectivity index (χ1n) is 4.63. The third-order valence-electron chi connectivity index (χ3n) is 2.79. The number of hydrogen-bond donors (Lipinski definition) is 1. The molecule has 0 atom stereocenters. The highest BCUT2D eigenvalue weighted by Crippen LogP contribution is 2.38. The lowest BCUT2D eigenvalue weighted by Crippen LogP contribution is -2.10. The SMILES string of the molecule is Cc1ccc(C2CCC2)c(N)c1. The molecule has 12 heavy (non-hydrogen) atoms. The normalized spacial score (nSPS) is 17.4. The largest absolute Gasteiger partial charge is 0.398 e. The summed E-state index contributed by atoms with van der Waals surface area (Å²) in [5.74, 6) is 0.755. The maximum absolute atomic E-state index is 5.93. The lowest BCUT2D eigenvalue weighted by Gasteiger charge is -2.27. The maximum Gasteiger partial charge on any atom is 0.0352 e. The van der Waals surface area contributed by atoms with Gasteiger partial charge in [-0.25, -0.2) is 0 Å². The van der Waals surface area contributed by atoms with E-state index < -0.39 is 0 Å². The van der Waals surface area contributed by atoms with Crippen molar-refractivity contribution in [2.45, 2.75) is 32.1 Å². The van der Waals surface area contributed by atoms with Crippen molar-refractivity contribution in [2.24, 2.45) is 0 Å². The molecule has 0 aliphatic heterocycles. The van der Waals surface area contributed by atoms with Crippen molar-refractivity contribution in [3.05, 3.63) is 29.3 Å². The number of benzene rings is 1. The summed E-state index contributed by atoms with van der Waals surface area (Å²) in [4.78, 5) is 0. The second-order valence-corrected chi connectivity index (χ2v) is 3.76. The fourth-order valence-corrected chi connectivity index (χ4v) is 1.79. The van der Waals surface area contributed by atoms with Crippen LogP contribution in [0.25, 0.3) is 0 Å². The number of hydrogen-bond acceptors (Lipinski definition) is 1. The van der Waals surface area contributed by atoms with Gasteiger partial charge in [0.25, 0.3) is 0 Å². The molecule has 1 heteroatoms. The first kappa shape index (κ1) is 7.66. The number of anilines is 1. The lowest BCUT2D eigenvalue weighted by atomic mass is 9.79. The summed E-state index contributed by atoms with van der Waals surface area (Å²) in [7, 11) is 0. The molecule has 0 saturated heterocycles. The van der Waals surface area contributed by atoms with Crippen molar-refractivity contribution < 1.29 is 0 Å². The smallest absolute Gasteiger partial charge is 0.0352 e. The molecule has 0 heterocycles. The van der Waals surface area contributed by atoms with Crippen LogP contribution in [0.5, 0.6) is 0 Å². The van der Waals surface area contributed by atoms with Gasteiger partial charge in [-0.15, -0.1) is 0 Å². The first-order chi connectivity index (χ1) is 5.77. The summed E-state index contributed by atoms with van der Waals surface area (Å²) in [6, 6.07) is 6.42. The molecule has 0 bridgehead atoms. The van der Waals surface area contributed by atoms with Crippen LogP contribution in [0.2, 0.25) is 0 Å². The van der Waals surface area contributed by atoms with Gasteiger partial charge in [0.2, 0.25) is 0 Å². The molecule has 1 saturated carbocycles. The average Bonchev–Trinajstić information content (AvgIpc) is 1.91. The quantitative estimate of drug-likeness (QED) is 0.630. The van der Waals surface area contributed by atoms with Gasteiger partial charge >= 0.3 is 0 Å². The minimum Gasteiger partial charge on any atom is -0.398 e. The third kappa shape index (κ3) is 1.20. The van der Waals surface area contributed by atoms with Gasteiger partial charge in [0.15, 0.2) is 0 Å². The van der Waals surface area contributed by atoms with Crippen LogP contribution in [0.3, 0.4) is 0 Å². The summed E-state index contributed by atoms with van der Waals surface area (Å²) < 4.78 is 0. The third-order valence-corrected chi connectivity index (χ3v) is 2.79. The molecule has 1 aliphatic carbocycles. The number of nitrogen functional groups attached to an aromatic ring is 1. The molecule has 0 unspecified atom stereocenters. The Morgan fingerprint density at radius 2 is 2.08 bits per heavy atom. The maximum atomic E-state index is 5.93. The first-order valence-corrected chi connectivity index (χ1v) is 4.63. The van der Waals surface area contributed by atoms with Crippen molar-refractivity contribution in [3.8, 4) is 0 Å². The monoisotopic (exact) mass is 161 g/mol. The van der Waals surface area contributed by atoms with Gasteiger partial charge in [0, 0.05) is 5.69 Å². The van der Waals surface area contributed by atoms with E-state index >= 15 is 0 Å². The van der Waals surface area contributed by atoms with E-state index in [-0.39, 0.29) is 0 Å². The number of rotatable bonds is 1. The van der Waals surface area contributed by atoms with E-state index in [1.165, 1.54) is 30.4 Å². The summed E-state index contributed by atoms with van der Waals surface area (Å²) in [5.41, 5.74) is 9.54. The molecule has 1 fully saturated rings. The van der Waals surface area contributed by atoms with Crippen LogP contribution >= 0.6 is 0 Å². The minimum atomic E-state index is 0.755. The predicted octanol–water partition coefficient (Wildman–Crippen LogP) is 2.84. The topological polar surface area (TPSA) is 26.0 Å². The highest BCUT2D eigenvalue weighted by molar-refractivity contribution is 5.51. The number of nitrogens with two attached hydrogens (primary N) is 1. The van der Waals surface area contributed by atoms with Gasteiger partial charge in [0.1, 0.15) is 0 Å². The molecule has 1 aromatic carbocycles. The molecule has 0 spiro atoms. The highest BCUT2D eigenvalue weighted by Gasteiger charge is 2.20. The van der Waals surface area contributed by atoms with Crippen LogP contribution in [0.1, 0.15) is 36.3 Å². The van der Waals surface area contributed by atoms with E-state index in [0.717, 1.165) is 11.6 Å². The molecular formula is C11H15N. The molecule has 2 N–H and O–H groups in total. The molecule has 0 amide bonds. The summed E-state index contributed by atoms with van der Waals surface area (Å²) >= 11 is 0. The Balaban J connectivity index is 2.31. The van der Waals surface area contributed by atoms with Crippen molar-refractivity contribution in [2.75, 3.05) is 5.73 Å². The number of aryl methyl sites for hydroxylation is 1. The Morgan fingerprint density at radius 1 is 1.33 bits per heavy atom. The van der Waals surface area contributed by atoms with Crippen LogP contribution in [0.4, 0.5) is 5.69 Å².